The van der Waals surface area contributed by atoms with E-state index in [0.717, 1.165) is 12.3 Å². The van der Waals surface area contributed by atoms with E-state index < -0.39 is 5.97 Å². The van der Waals surface area contributed by atoms with Crippen molar-refractivity contribution < 1.29 is 14.3 Å². The Morgan fingerprint density at radius 3 is 3.00 bits per heavy atom. The molecule has 2 aromatic rings. The van der Waals surface area contributed by atoms with Gasteiger partial charge in [-0.1, -0.05) is 18.2 Å². The fourth-order valence-corrected chi connectivity index (χ4v) is 5.10. The zero-order valence-corrected chi connectivity index (χ0v) is 13.1. The second-order valence-corrected chi connectivity index (χ2v) is 7.46. The van der Waals surface area contributed by atoms with Crippen molar-refractivity contribution in [1.82, 2.24) is 5.32 Å². The van der Waals surface area contributed by atoms with Crippen molar-refractivity contribution in [3.05, 3.63) is 35.6 Å². The van der Waals surface area contributed by atoms with Gasteiger partial charge >= 0.3 is 5.97 Å². The van der Waals surface area contributed by atoms with Gasteiger partial charge in [0.2, 0.25) is 0 Å². The Labute approximate surface area is 131 Å². The number of carbonyl (C=O) groups is 1. The number of furan rings is 1. The van der Waals surface area contributed by atoms with Crippen molar-refractivity contribution in [1.29, 1.82) is 0 Å². The number of fused-ring (bicyclic) bond motifs is 1. The lowest BCUT2D eigenvalue weighted by atomic mass is 10.1. The average Bonchev–Trinajstić information content (AvgIpc) is 2.86. The summed E-state index contributed by atoms with van der Waals surface area (Å²) in [6, 6.07) is 7.28. The van der Waals surface area contributed by atoms with Crippen LogP contribution in [0.1, 0.15) is 16.1 Å². The number of rotatable bonds is 5. The van der Waals surface area contributed by atoms with E-state index in [1.807, 2.05) is 35.7 Å². The maximum Gasteiger partial charge on any atom is 0.339 e. The van der Waals surface area contributed by atoms with Gasteiger partial charge < -0.3 is 14.8 Å². The zero-order chi connectivity index (χ0) is 14.7. The Hall–Kier alpha value is -1.11. The molecule has 0 aliphatic carbocycles. The molecule has 112 valence electrons. The van der Waals surface area contributed by atoms with Gasteiger partial charge in [0.15, 0.2) is 0 Å². The summed E-state index contributed by atoms with van der Waals surface area (Å²) in [4.78, 5) is 11.5. The van der Waals surface area contributed by atoms with Gasteiger partial charge in [0.25, 0.3) is 0 Å². The molecule has 6 heteroatoms. The van der Waals surface area contributed by atoms with Gasteiger partial charge in [-0.25, -0.2) is 4.79 Å². The fraction of sp³-hybridized carbons (Fsp3) is 0.400. The summed E-state index contributed by atoms with van der Waals surface area (Å²) < 4.78 is 5.69. The Balaban J connectivity index is 1.71. The molecule has 1 aromatic heterocycles. The summed E-state index contributed by atoms with van der Waals surface area (Å²) in [6.45, 7) is 1.34. The van der Waals surface area contributed by atoms with Crippen molar-refractivity contribution in [3.63, 3.8) is 0 Å². The molecule has 0 bridgehead atoms. The van der Waals surface area contributed by atoms with Crippen LogP contribution in [0.15, 0.2) is 28.7 Å². The molecule has 0 spiro atoms. The van der Waals surface area contributed by atoms with Crippen molar-refractivity contribution in [2.75, 3.05) is 23.8 Å². The van der Waals surface area contributed by atoms with Crippen molar-refractivity contribution in [2.24, 2.45) is 0 Å². The van der Waals surface area contributed by atoms with Gasteiger partial charge in [-0.05, 0) is 6.07 Å². The summed E-state index contributed by atoms with van der Waals surface area (Å²) in [5.74, 6) is 3.16. The van der Waals surface area contributed by atoms with Crippen LogP contribution in [0.4, 0.5) is 0 Å². The van der Waals surface area contributed by atoms with E-state index in [-0.39, 0.29) is 5.56 Å². The van der Waals surface area contributed by atoms with Gasteiger partial charge in [-0.15, -0.1) is 0 Å². The quantitative estimate of drug-likeness (QED) is 0.882. The molecule has 1 fully saturated rings. The zero-order valence-electron chi connectivity index (χ0n) is 11.5. The highest BCUT2D eigenvalue weighted by Gasteiger charge is 2.20. The highest BCUT2D eigenvalue weighted by Crippen LogP contribution is 2.26. The smallest absolute Gasteiger partial charge is 0.339 e. The highest BCUT2D eigenvalue weighted by molar-refractivity contribution is 8.06. The number of aromatic carboxylic acids is 1. The number of para-hydroxylation sites is 1. The Morgan fingerprint density at radius 2 is 2.24 bits per heavy atom. The van der Waals surface area contributed by atoms with E-state index >= 15 is 0 Å². The van der Waals surface area contributed by atoms with Crippen molar-refractivity contribution >= 4 is 40.5 Å². The molecule has 1 unspecified atom stereocenters. The van der Waals surface area contributed by atoms with Gasteiger partial charge in [-0.2, -0.15) is 23.5 Å². The topological polar surface area (TPSA) is 62.5 Å². The lowest BCUT2D eigenvalue weighted by Gasteiger charge is -2.20. The largest absolute Gasteiger partial charge is 0.478 e. The Kier molecular flexibility index (Phi) is 4.77. The predicted molar refractivity (Wildman–Crippen MR) is 88.5 cm³/mol. The van der Waals surface area contributed by atoms with Crippen LogP contribution in [-0.2, 0) is 6.54 Å². The fourth-order valence-electron chi connectivity index (χ4n) is 2.46. The maximum atomic E-state index is 11.5. The van der Waals surface area contributed by atoms with Crippen LogP contribution in [0.25, 0.3) is 11.0 Å². The third kappa shape index (κ3) is 3.39. The molecule has 1 aliphatic heterocycles. The summed E-state index contributed by atoms with van der Waals surface area (Å²) in [5, 5.41) is 14.0. The Morgan fingerprint density at radius 1 is 1.38 bits per heavy atom. The van der Waals surface area contributed by atoms with E-state index in [2.05, 4.69) is 5.32 Å². The lowest BCUT2D eigenvalue weighted by molar-refractivity contribution is 0.0696. The number of hydrogen-bond acceptors (Lipinski definition) is 5. The van der Waals surface area contributed by atoms with Crippen LogP contribution in [0, 0.1) is 0 Å². The first-order valence-electron chi connectivity index (χ1n) is 6.89. The molecule has 1 aromatic carbocycles. The molecule has 2 N–H and O–H groups in total. The average molecular weight is 323 g/mol. The molecule has 2 heterocycles. The molecule has 0 radical (unpaired) electrons. The molecule has 3 rings (SSSR count). The van der Waals surface area contributed by atoms with Gasteiger partial charge in [0, 0.05) is 34.4 Å². The minimum absolute atomic E-state index is 0.281. The van der Waals surface area contributed by atoms with E-state index in [9.17, 15) is 9.90 Å². The second-order valence-electron chi connectivity index (χ2n) is 4.90. The molecule has 1 aliphatic rings. The molecule has 0 saturated carbocycles. The standard InChI is InChI=1S/C15H17NO3S2/c17-15(18)14-11-3-1-2-4-12(11)19-13(14)8-16-7-10-9-20-5-6-21-10/h1-4,10,16H,5-9H2,(H,17,18). The van der Waals surface area contributed by atoms with Crippen molar-refractivity contribution in [3.8, 4) is 0 Å². The highest BCUT2D eigenvalue weighted by atomic mass is 32.2. The molecular formula is C15H17NO3S2. The minimum atomic E-state index is -0.931. The normalized spacial score (nSPS) is 19.0. The predicted octanol–water partition coefficient (Wildman–Crippen LogP) is 3.07. The minimum Gasteiger partial charge on any atom is -0.478 e. The van der Waals surface area contributed by atoms with Crippen LogP contribution in [0.5, 0.6) is 0 Å². The van der Waals surface area contributed by atoms with Gasteiger partial charge in [0.05, 0.1) is 6.54 Å². The van der Waals surface area contributed by atoms with Gasteiger partial charge in [0.1, 0.15) is 16.9 Å². The number of nitrogens with one attached hydrogen (secondary N) is 1. The van der Waals surface area contributed by atoms with E-state index in [4.69, 9.17) is 4.42 Å². The van der Waals surface area contributed by atoms with E-state index in [0.29, 0.717) is 28.5 Å². The summed E-state index contributed by atoms with van der Waals surface area (Å²) in [6.07, 6.45) is 0. The number of thioether (sulfide) groups is 2. The molecule has 1 atom stereocenters. The second kappa shape index (κ2) is 6.77. The number of carboxylic acid groups (broad SMARTS) is 1. The summed E-state index contributed by atoms with van der Waals surface area (Å²) >= 11 is 3.97. The molecule has 1 saturated heterocycles. The Bertz CT molecular complexity index is 635. The van der Waals surface area contributed by atoms with E-state index in [1.54, 1.807) is 12.1 Å². The summed E-state index contributed by atoms with van der Waals surface area (Å²) in [5.41, 5.74) is 0.915. The van der Waals surface area contributed by atoms with Crippen LogP contribution >= 0.6 is 23.5 Å². The van der Waals surface area contributed by atoms with E-state index in [1.165, 1.54) is 11.5 Å². The van der Waals surface area contributed by atoms with Gasteiger partial charge in [-0.3, -0.25) is 0 Å². The summed E-state index contributed by atoms with van der Waals surface area (Å²) in [7, 11) is 0. The lowest BCUT2D eigenvalue weighted by Crippen LogP contribution is -2.28. The third-order valence-electron chi connectivity index (χ3n) is 3.42. The number of benzene rings is 1. The number of carboxylic acids is 1. The number of hydrogen-bond donors (Lipinski definition) is 2. The molecule has 0 amide bonds. The van der Waals surface area contributed by atoms with Crippen LogP contribution in [-0.4, -0.2) is 40.1 Å². The van der Waals surface area contributed by atoms with Crippen LogP contribution in [0.2, 0.25) is 0 Å². The van der Waals surface area contributed by atoms with Crippen LogP contribution in [0.3, 0.4) is 0 Å². The van der Waals surface area contributed by atoms with Crippen molar-refractivity contribution in [2.45, 2.75) is 11.8 Å². The monoisotopic (exact) mass is 323 g/mol. The molecule has 4 nitrogen and oxygen atoms in total. The maximum absolute atomic E-state index is 11.5. The molecule has 21 heavy (non-hydrogen) atoms. The molecular weight excluding hydrogens is 306 g/mol. The SMILES string of the molecule is O=C(O)c1c(CNCC2CSCCS2)oc2ccccc12. The third-order valence-corrected chi connectivity index (χ3v) is 6.27. The first-order valence-corrected chi connectivity index (χ1v) is 9.10. The first-order chi connectivity index (χ1) is 10.3. The van der Waals surface area contributed by atoms with Crippen LogP contribution < -0.4 is 5.32 Å². The first kappa shape index (κ1) is 14.8.